The summed E-state index contributed by atoms with van der Waals surface area (Å²) in [6.07, 6.45) is 3.64. The first-order valence-electron chi connectivity index (χ1n) is 7.59. The predicted molar refractivity (Wildman–Crippen MR) is 82.4 cm³/mol. The number of carbonyl (C=O) groups is 2. The Labute approximate surface area is 133 Å². The number of nitrogens with zero attached hydrogens (tertiary/aromatic N) is 4. The maximum Gasteiger partial charge on any atom is 0.326 e. The molecule has 2 heterocycles. The molecule has 1 saturated heterocycles. The van der Waals surface area contributed by atoms with E-state index in [-0.39, 0.29) is 11.6 Å². The third-order valence-electron chi connectivity index (χ3n) is 4.06. The molecular formula is C16H18N4O3. The van der Waals surface area contributed by atoms with E-state index >= 15 is 0 Å². The highest BCUT2D eigenvalue weighted by atomic mass is 16.4. The van der Waals surface area contributed by atoms with Crippen molar-refractivity contribution in [3.05, 3.63) is 41.7 Å². The summed E-state index contributed by atoms with van der Waals surface area (Å²) in [7, 11) is 0. The molecular weight excluding hydrogens is 296 g/mol. The molecule has 0 radical (unpaired) electrons. The van der Waals surface area contributed by atoms with Crippen LogP contribution in [0.25, 0.3) is 5.69 Å². The fourth-order valence-electron chi connectivity index (χ4n) is 2.76. The number of carbonyl (C=O) groups excluding carboxylic acids is 1. The summed E-state index contributed by atoms with van der Waals surface area (Å²) < 4.78 is 1.52. The molecule has 1 aromatic heterocycles. The van der Waals surface area contributed by atoms with Crippen molar-refractivity contribution in [2.24, 2.45) is 0 Å². The quantitative estimate of drug-likeness (QED) is 0.930. The molecule has 0 spiro atoms. The molecule has 23 heavy (non-hydrogen) atoms. The van der Waals surface area contributed by atoms with Crippen LogP contribution in [0.3, 0.4) is 0 Å². The van der Waals surface area contributed by atoms with E-state index in [1.807, 2.05) is 31.2 Å². The Hall–Kier alpha value is -2.70. The van der Waals surface area contributed by atoms with Crippen LogP contribution in [0.15, 0.2) is 30.5 Å². The van der Waals surface area contributed by atoms with Gasteiger partial charge in [-0.2, -0.15) is 0 Å². The Bertz CT molecular complexity index is 723. The van der Waals surface area contributed by atoms with Gasteiger partial charge in [0.25, 0.3) is 5.91 Å². The van der Waals surface area contributed by atoms with Crippen LogP contribution in [0, 0.1) is 6.92 Å². The number of aliphatic carboxylic acids is 1. The van der Waals surface area contributed by atoms with Gasteiger partial charge in [0, 0.05) is 6.54 Å². The first-order chi connectivity index (χ1) is 11.1. The largest absolute Gasteiger partial charge is 0.480 e. The average Bonchev–Trinajstić information content (AvgIpc) is 3.04. The SMILES string of the molecule is Cc1ccc(-n2cc(C(=O)N3CCCC[C@@H]3C(=O)O)nn2)cc1. The molecule has 0 saturated carbocycles. The number of piperidine rings is 1. The highest BCUT2D eigenvalue weighted by Crippen LogP contribution is 2.19. The molecule has 7 nitrogen and oxygen atoms in total. The summed E-state index contributed by atoms with van der Waals surface area (Å²) in [5.74, 6) is -1.35. The van der Waals surface area contributed by atoms with Crippen LogP contribution in [0.1, 0.15) is 35.3 Å². The second-order valence-corrected chi connectivity index (χ2v) is 5.73. The number of amides is 1. The zero-order valence-corrected chi connectivity index (χ0v) is 12.8. The topological polar surface area (TPSA) is 88.3 Å². The lowest BCUT2D eigenvalue weighted by molar-refractivity contribution is -0.143. The lowest BCUT2D eigenvalue weighted by Crippen LogP contribution is -2.48. The van der Waals surface area contributed by atoms with E-state index in [2.05, 4.69) is 10.3 Å². The van der Waals surface area contributed by atoms with Gasteiger partial charge in [-0.15, -0.1) is 5.10 Å². The number of carboxylic acids is 1. The number of hydrogen-bond donors (Lipinski definition) is 1. The summed E-state index contributed by atoms with van der Waals surface area (Å²) in [4.78, 5) is 25.3. The summed E-state index contributed by atoms with van der Waals surface area (Å²) in [6.45, 7) is 2.43. The van der Waals surface area contributed by atoms with Gasteiger partial charge in [-0.05, 0) is 38.3 Å². The molecule has 120 valence electrons. The van der Waals surface area contributed by atoms with Crippen molar-refractivity contribution in [2.75, 3.05) is 6.54 Å². The van der Waals surface area contributed by atoms with Gasteiger partial charge in [-0.3, -0.25) is 4.79 Å². The minimum atomic E-state index is -0.969. The van der Waals surface area contributed by atoms with Crippen LogP contribution >= 0.6 is 0 Å². The molecule has 1 atom stereocenters. The zero-order chi connectivity index (χ0) is 16.4. The van der Waals surface area contributed by atoms with Crippen LogP contribution < -0.4 is 0 Å². The van der Waals surface area contributed by atoms with Crippen molar-refractivity contribution >= 4 is 11.9 Å². The standard InChI is InChI=1S/C16H18N4O3/c1-11-5-7-12(8-6-11)20-10-13(17-18-20)15(21)19-9-3-2-4-14(19)16(22)23/h5-8,10,14H,2-4,9H2,1H3,(H,22,23)/t14-/m1/s1. The Kier molecular flexibility index (Phi) is 4.10. The Morgan fingerprint density at radius 3 is 2.65 bits per heavy atom. The van der Waals surface area contributed by atoms with Crippen molar-refractivity contribution in [2.45, 2.75) is 32.2 Å². The summed E-state index contributed by atoms with van der Waals surface area (Å²) in [5.41, 5.74) is 2.09. The number of aryl methyl sites for hydroxylation is 1. The van der Waals surface area contributed by atoms with Gasteiger partial charge in [-0.1, -0.05) is 22.9 Å². The number of hydrogen-bond acceptors (Lipinski definition) is 4. The number of aromatic nitrogens is 3. The lowest BCUT2D eigenvalue weighted by Gasteiger charge is -2.32. The van der Waals surface area contributed by atoms with Gasteiger partial charge in [-0.25, -0.2) is 9.48 Å². The molecule has 1 aliphatic heterocycles. The van der Waals surface area contributed by atoms with Gasteiger partial charge in [0.1, 0.15) is 6.04 Å². The van der Waals surface area contributed by atoms with Crippen LogP contribution in [-0.4, -0.2) is 49.5 Å². The van der Waals surface area contributed by atoms with Gasteiger partial charge in [0.2, 0.25) is 0 Å². The Morgan fingerprint density at radius 1 is 1.22 bits per heavy atom. The van der Waals surface area contributed by atoms with E-state index in [4.69, 9.17) is 0 Å². The van der Waals surface area contributed by atoms with Crippen LogP contribution in [-0.2, 0) is 4.79 Å². The molecule has 1 N–H and O–H groups in total. The molecule has 2 aromatic rings. The number of carboxylic acid groups (broad SMARTS) is 1. The first kappa shape index (κ1) is 15.2. The lowest BCUT2D eigenvalue weighted by atomic mass is 10.0. The van der Waals surface area contributed by atoms with Gasteiger partial charge in [0.05, 0.1) is 11.9 Å². The fourth-order valence-corrected chi connectivity index (χ4v) is 2.76. The number of benzene rings is 1. The third kappa shape index (κ3) is 3.08. The average molecular weight is 314 g/mol. The highest BCUT2D eigenvalue weighted by molar-refractivity contribution is 5.94. The van der Waals surface area contributed by atoms with Crippen molar-refractivity contribution in [3.8, 4) is 5.69 Å². The number of rotatable bonds is 3. The second-order valence-electron chi connectivity index (χ2n) is 5.73. The van der Waals surface area contributed by atoms with Gasteiger partial charge in [0.15, 0.2) is 5.69 Å². The normalized spacial score (nSPS) is 18.0. The summed E-state index contributed by atoms with van der Waals surface area (Å²) >= 11 is 0. The molecule has 1 aliphatic rings. The minimum absolute atomic E-state index is 0.165. The summed E-state index contributed by atoms with van der Waals surface area (Å²) in [6, 6.07) is 6.90. The van der Waals surface area contributed by atoms with E-state index in [0.717, 1.165) is 24.1 Å². The maximum absolute atomic E-state index is 12.6. The monoisotopic (exact) mass is 314 g/mol. The molecule has 3 rings (SSSR count). The van der Waals surface area contributed by atoms with Crippen LogP contribution in [0.5, 0.6) is 0 Å². The van der Waals surface area contributed by atoms with Crippen molar-refractivity contribution in [1.82, 2.24) is 19.9 Å². The van der Waals surface area contributed by atoms with E-state index in [1.54, 1.807) is 6.20 Å². The highest BCUT2D eigenvalue weighted by Gasteiger charge is 2.33. The molecule has 7 heteroatoms. The number of likely N-dealkylation sites (tertiary alicyclic amines) is 1. The molecule has 0 aliphatic carbocycles. The maximum atomic E-state index is 12.6. The third-order valence-corrected chi connectivity index (χ3v) is 4.06. The predicted octanol–water partition coefficient (Wildman–Crippen LogP) is 1.66. The van der Waals surface area contributed by atoms with Crippen LogP contribution in [0.4, 0.5) is 0 Å². The van der Waals surface area contributed by atoms with Gasteiger partial charge >= 0.3 is 5.97 Å². The first-order valence-corrected chi connectivity index (χ1v) is 7.59. The molecule has 1 amide bonds. The van der Waals surface area contributed by atoms with E-state index in [0.29, 0.717) is 13.0 Å². The molecule has 1 aromatic carbocycles. The minimum Gasteiger partial charge on any atom is -0.480 e. The molecule has 0 unspecified atom stereocenters. The Balaban J connectivity index is 1.83. The van der Waals surface area contributed by atoms with Gasteiger partial charge < -0.3 is 10.0 Å². The van der Waals surface area contributed by atoms with Crippen LogP contribution in [0.2, 0.25) is 0 Å². The van der Waals surface area contributed by atoms with Crippen molar-refractivity contribution < 1.29 is 14.7 Å². The second kappa shape index (κ2) is 6.20. The smallest absolute Gasteiger partial charge is 0.326 e. The fraction of sp³-hybridized carbons (Fsp3) is 0.375. The zero-order valence-electron chi connectivity index (χ0n) is 12.8. The summed E-state index contributed by atoms with van der Waals surface area (Å²) in [5, 5.41) is 17.2. The van der Waals surface area contributed by atoms with Crippen molar-refractivity contribution in [1.29, 1.82) is 0 Å². The Morgan fingerprint density at radius 2 is 1.96 bits per heavy atom. The van der Waals surface area contributed by atoms with E-state index < -0.39 is 12.0 Å². The molecule has 0 bridgehead atoms. The molecule has 1 fully saturated rings. The van der Waals surface area contributed by atoms with E-state index in [9.17, 15) is 14.7 Å². The van der Waals surface area contributed by atoms with E-state index in [1.165, 1.54) is 9.58 Å². The van der Waals surface area contributed by atoms with Crippen molar-refractivity contribution in [3.63, 3.8) is 0 Å².